The molecule has 1 aliphatic rings. The Hall–Kier alpha value is -0.700. The lowest BCUT2D eigenvalue weighted by Crippen LogP contribution is -2.13. The molecule has 3 heteroatoms. The highest BCUT2D eigenvalue weighted by Gasteiger charge is 2.61. The first-order chi connectivity index (χ1) is 6.10. The zero-order valence-corrected chi connectivity index (χ0v) is 8.73. The van der Waals surface area contributed by atoms with Crippen molar-refractivity contribution >= 4 is 17.6 Å². The number of hydrogen-bond donors (Lipinski definition) is 0. The fourth-order valence-corrected chi connectivity index (χ4v) is 2.65. The summed E-state index contributed by atoms with van der Waals surface area (Å²) in [6, 6.07) is 0. The van der Waals surface area contributed by atoms with Gasteiger partial charge in [-0.1, -0.05) is 13.8 Å². The zero-order chi connectivity index (χ0) is 9.53. The van der Waals surface area contributed by atoms with Gasteiger partial charge in [-0.2, -0.15) is 0 Å². The quantitative estimate of drug-likeness (QED) is 0.693. The largest absolute Gasteiger partial charge is 0.303 e. The van der Waals surface area contributed by atoms with Crippen LogP contribution in [0.25, 0.3) is 0 Å². The zero-order valence-electron chi connectivity index (χ0n) is 7.91. The highest BCUT2D eigenvalue weighted by atomic mass is 32.1. The molecule has 13 heavy (non-hydrogen) atoms. The molecular weight excluding hydrogens is 182 g/mol. The van der Waals surface area contributed by atoms with Gasteiger partial charge in [-0.3, -0.25) is 4.98 Å². The van der Waals surface area contributed by atoms with E-state index < -0.39 is 0 Å². The second-order valence-electron chi connectivity index (χ2n) is 4.48. The SMILES string of the molecule is CC1(C)CC1(C=O)Cc1cncs1. The average molecular weight is 195 g/mol. The predicted octanol–water partition coefficient (Wildman–Crippen LogP) is 2.30. The van der Waals surface area contributed by atoms with Gasteiger partial charge in [-0.05, 0) is 18.3 Å². The third-order valence-electron chi connectivity index (χ3n) is 3.18. The molecule has 0 aliphatic heterocycles. The lowest BCUT2D eigenvalue weighted by Gasteiger charge is -2.11. The molecular formula is C10H13NOS. The summed E-state index contributed by atoms with van der Waals surface area (Å²) in [6.07, 6.45) is 4.88. The Balaban J connectivity index is 2.14. The van der Waals surface area contributed by atoms with Crippen LogP contribution in [0.3, 0.4) is 0 Å². The van der Waals surface area contributed by atoms with Crippen molar-refractivity contribution in [2.24, 2.45) is 10.8 Å². The minimum Gasteiger partial charge on any atom is -0.303 e. The molecule has 1 fully saturated rings. The predicted molar refractivity (Wildman–Crippen MR) is 52.7 cm³/mol. The van der Waals surface area contributed by atoms with Gasteiger partial charge in [0, 0.05) is 16.5 Å². The highest BCUT2D eigenvalue weighted by molar-refractivity contribution is 7.09. The van der Waals surface area contributed by atoms with E-state index in [-0.39, 0.29) is 10.8 Å². The maximum atomic E-state index is 11.0. The lowest BCUT2D eigenvalue weighted by molar-refractivity contribution is -0.113. The number of aromatic nitrogens is 1. The molecule has 0 aromatic carbocycles. The molecule has 1 saturated carbocycles. The molecule has 0 radical (unpaired) electrons. The Morgan fingerprint density at radius 2 is 2.38 bits per heavy atom. The highest BCUT2D eigenvalue weighted by Crippen LogP contribution is 2.63. The van der Waals surface area contributed by atoms with E-state index in [1.54, 1.807) is 11.3 Å². The number of nitrogens with zero attached hydrogens (tertiary/aromatic N) is 1. The van der Waals surface area contributed by atoms with E-state index in [1.807, 2.05) is 11.7 Å². The molecule has 1 aromatic heterocycles. The first-order valence-electron chi connectivity index (χ1n) is 4.43. The van der Waals surface area contributed by atoms with Gasteiger partial charge in [0.2, 0.25) is 0 Å². The summed E-state index contributed by atoms with van der Waals surface area (Å²) in [6.45, 7) is 4.31. The van der Waals surface area contributed by atoms with Gasteiger partial charge in [-0.15, -0.1) is 11.3 Å². The summed E-state index contributed by atoms with van der Waals surface area (Å²) < 4.78 is 0. The molecule has 0 spiro atoms. The maximum absolute atomic E-state index is 11.0. The molecule has 1 aliphatic carbocycles. The van der Waals surface area contributed by atoms with Gasteiger partial charge in [-0.25, -0.2) is 0 Å². The van der Waals surface area contributed by atoms with Gasteiger partial charge in [0.25, 0.3) is 0 Å². The van der Waals surface area contributed by atoms with Crippen molar-refractivity contribution < 1.29 is 4.79 Å². The second-order valence-corrected chi connectivity index (χ2v) is 5.45. The van der Waals surface area contributed by atoms with E-state index >= 15 is 0 Å². The Morgan fingerprint density at radius 1 is 1.69 bits per heavy atom. The van der Waals surface area contributed by atoms with Crippen LogP contribution in [0.1, 0.15) is 25.1 Å². The van der Waals surface area contributed by atoms with Crippen molar-refractivity contribution in [3.05, 3.63) is 16.6 Å². The first-order valence-corrected chi connectivity index (χ1v) is 5.31. The maximum Gasteiger partial charge on any atom is 0.127 e. The van der Waals surface area contributed by atoms with E-state index in [4.69, 9.17) is 0 Å². The van der Waals surface area contributed by atoms with Crippen molar-refractivity contribution in [2.45, 2.75) is 26.7 Å². The van der Waals surface area contributed by atoms with Gasteiger partial charge < -0.3 is 4.79 Å². The smallest absolute Gasteiger partial charge is 0.127 e. The molecule has 1 heterocycles. The summed E-state index contributed by atoms with van der Waals surface area (Å²) in [7, 11) is 0. The first kappa shape index (κ1) is 8.88. The number of carbonyl (C=O) groups excluding carboxylic acids is 1. The Labute approximate surface area is 82.0 Å². The van der Waals surface area contributed by atoms with Crippen LogP contribution in [-0.2, 0) is 11.2 Å². The number of carbonyl (C=O) groups is 1. The van der Waals surface area contributed by atoms with Crippen LogP contribution in [0.2, 0.25) is 0 Å². The van der Waals surface area contributed by atoms with E-state index in [1.165, 1.54) is 4.88 Å². The van der Waals surface area contributed by atoms with Gasteiger partial charge in [0.15, 0.2) is 0 Å². The van der Waals surface area contributed by atoms with Crippen molar-refractivity contribution in [1.29, 1.82) is 0 Å². The van der Waals surface area contributed by atoms with Crippen LogP contribution in [-0.4, -0.2) is 11.3 Å². The van der Waals surface area contributed by atoms with E-state index in [2.05, 4.69) is 18.8 Å². The van der Waals surface area contributed by atoms with Gasteiger partial charge in [0.1, 0.15) is 6.29 Å². The molecule has 2 nitrogen and oxygen atoms in total. The third kappa shape index (κ3) is 1.31. The summed E-state index contributed by atoms with van der Waals surface area (Å²) in [5, 5.41) is 0. The molecule has 0 amide bonds. The van der Waals surface area contributed by atoms with Crippen LogP contribution in [0.15, 0.2) is 11.7 Å². The average Bonchev–Trinajstić information content (AvgIpc) is 2.52. The van der Waals surface area contributed by atoms with Crippen LogP contribution >= 0.6 is 11.3 Å². The molecule has 1 aromatic rings. The lowest BCUT2D eigenvalue weighted by atomic mass is 9.93. The Bertz CT molecular complexity index is 318. The van der Waals surface area contributed by atoms with Gasteiger partial charge >= 0.3 is 0 Å². The number of aldehydes is 1. The van der Waals surface area contributed by atoms with Gasteiger partial charge in [0.05, 0.1) is 5.51 Å². The minimum absolute atomic E-state index is 0.0977. The summed E-state index contributed by atoms with van der Waals surface area (Å²) in [5.74, 6) is 0. The normalized spacial score (nSPS) is 30.0. The standard InChI is InChI=1S/C10H13NOS/c1-9(2)5-10(9,6-12)3-8-4-11-7-13-8/h4,6-7H,3,5H2,1-2H3. The number of rotatable bonds is 3. The number of hydrogen-bond acceptors (Lipinski definition) is 3. The van der Waals surface area contributed by atoms with Crippen LogP contribution in [0.5, 0.6) is 0 Å². The minimum atomic E-state index is -0.0977. The van der Waals surface area contributed by atoms with E-state index in [9.17, 15) is 4.79 Å². The molecule has 0 saturated heterocycles. The van der Waals surface area contributed by atoms with Crippen molar-refractivity contribution in [3.63, 3.8) is 0 Å². The van der Waals surface area contributed by atoms with Crippen molar-refractivity contribution in [3.8, 4) is 0 Å². The fraction of sp³-hybridized carbons (Fsp3) is 0.600. The third-order valence-corrected chi connectivity index (χ3v) is 3.96. The van der Waals surface area contributed by atoms with E-state index in [0.717, 1.165) is 19.1 Å². The summed E-state index contributed by atoms with van der Waals surface area (Å²) in [4.78, 5) is 16.3. The van der Waals surface area contributed by atoms with Crippen molar-refractivity contribution in [2.75, 3.05) is 0 Å². The number of thiazole rings is 1. The molecule has 70 valence electrons. The van der Waals surface area contributed by atoms with Crippen LogP contribution in [0.4, 0.5) is 0 Å². The Kier molecular flexibility index (Phi) is 1.80. The monoisotopic (exact) mass is 195 g/mol. The molecule has 2 rings (SSSR count). The Morgan fingerprint density at radius 3 is 2.77 bits per heavy atom. The summed E-state index contributed by atoms with van der Waals surface area (Å²) in [5.41, 5.74) is 1.92. The second kappa shape index (κ2) is 2.64. The molecule has 0 bridgehead atoms. The van der Waals surface area contributed by atoms with Crippen LogP contribution in [0, 0.1) is 10.8 Å². The molecule has 1 atom stereocenters. The fourth-order valence-electron chi connectivity index (χ4n) is 1.93. The topological polar surface area (TPSA) is 30.0 Å². The van der Waals surface area contributed by atoms with Crippen LogP contribution < -0.4 is 0 Å². The van der Waals surface area contributed by atoms with Crippen molar-refractivity contribution in [1.82, 2.24) is 4.98 Å². The molecule has 0 N–H and O–H groups in total. The molecule has 1 unspecified atom stereocenters. The van der Waals surface area contributed by atoms with E-state index in [0.29, 0.717) is 0 Å². The summed E-state index contributed by atoms with van der Waals surface area (Å²) >= 11 is 1.64.